The topological polar surface area (TPSA) is 61.9 Å². The van der Waals surface area contributed by atoms with Gasteiger partial charge in [-0.2, -0.15) is 0 Å². The molecule has 0 aliphatic carbocycles. The molecule has 1 N–H and O–H groups in total. The number of hydrogen-bond acceptors (Lipinski definition) is 4. The second-order valence-corrected chi connectivity index (χ2v) is 10.3. The highest BCUT2D eigenvalue weighted by molar-refractivity contribution is 6.01. The molecule has 3 aromatic carbocycles. The van der Waals surface area contributed by atoms with Crippen molar-refractivity contribution in [2.24, 2.45) is 0 Å². The molecule has 0 spiro atoms. The van der Waals surface area contributed by atoms with Crippen LogP contribution in [0.3, 0.4) is 0 Å². The lowest BCUT2D eigenvalue weighted by molar-refractivity contribution is -0.124. The monoisotopic (exact) mass is 545 g/mol. The van der Waals surface area contributed by atoms with Crippen molar-refractivity contribution >= 4 is 11.8 Å². The van der Waals surface area contributed by atoms with Gasteiger partial charge in [-0.3, -0.25) is 9.59 Å². The Morgan fingerprint density at radius 2 is 1.62 bits per heavy atom. The lowest BCUT2D eigenvalue weighted by Gasteiger charge is -2.42. The molecule has 1 aliphatic rings. The number of benzene rings is 3. The highest BCUT2D eigenvalue weighted by Gasteiger charge is 2.44. The van der Waals surface area contributed by atoms with Crippen molar-refractivity contribution in [2.75, 3.05) is 33.3 Å². The van der Waals surface area contributed by atoms with E-state index in [0.29, 0.717) is 17.9 Å². The second-order valence-electron chi connectivity index (χ2n) is 10.3. The summed E-state index contributed by atoms with van der Waals surface area (Å²) in [6, 6.07) is 20.5. The average Bonchev–Trinajstić information content (AvgIpc) is 2.97. The molecule has 6 nitrogen and oxygen atoms in total. The molecular formula is C33H40FN3O3. The minimum atomic E-state index is -0.606. The van der Waals surface area contributed by atoms with Crippen LogP contribution in [0.2, 0.25) is 0 Å². The molecule has 0 radical (unpaired) electrons. The van der Waals surface area contributed by atoms with Gasteiger partial charge < -0.3 is 19.9 Å². The van der Waals surface area contributed by atoms with Gasteiger partial charge in [0.25, 0.3) is 5.91 Å². The maximum absolute atomic E-state index is 14.0. The number of fused-ring (bicyclic) bond motifs is 1. The number of rotatable bonds is 13. The third-order valence-electron chi connectivity index (χ3n) is 7.47. The fourth-order valence-electron chi connectivity index (χ4n) is 5.60. The van der Waals surface area contributed by atoms with E-state index in [0.717, 1.165) is 55.6 Å². The van der Waals surface area contributed by atoms with Gasteiger partial charge >= 0.3 is 0 Å². The highest BCUT2D eigenvalue weighted by atomic mass is 19.1. The Hall–Kier alpha value is -3.71. The summed E-state index contributed by atoms with van der Waals surface area (Å²) in [4.78, 5) is 32.1. The molecule has 2 amide bonds. The summed E-state index contributed by atoms with van der Waals surface area (Å²) in [5, 5.41) is 3.18. The molecule has 1 heterocycles. The van der Waals surface area contributed by atoms with Crippen LogP contribution in [0.1, 0.15) is 72.1 Å². The van der Waals surface area contributed by atoms with Crippen LogP contribution >= 0.6 is 0 Å². The number of ether oxygens (including phenoxy) is 1. The van der Waals surface area contributed by atoms with Gasteiger partial charge in [-0.05, 0) is 85.9 Å². The zero-order valence-electron chi connectivity index (χ0n) is 23.7. The Bertz CT molecular complexity index is 1260. The summed E-state index contributed by atoms with van der Waals surface area (Å²) in [5.41, 5.74) is 2.87. The van der Waals surface area contributed by atoms with Crippen molar-refractivity contribution < 1.29 is 18.7 Å². The SMILES string of the molecule is CCCN(CCC)CCCNC(=O)[C@@H]1c2ccccc2C(=O)N(Cc2ccc(F)cc2)[C@@H]1c1ccc(OC)cc1. The van der Waals surface area contributed by atoms with Crippen LogP contribution in [0.15, 0.2) is 72.8 Å². The Balaban J connectivity index is 1.66. The van der Waals surface area contributed by atoms with Crippen molar-refractivity contribution in [1.82, 2.24) is 15.1 Å². The van der Waals surface area contributed by atoms with Crippen LogP contribution < -0.4 is 10.1 Å². The van der Waals surface area contributed by atoms with Crippen LogP contribution in [0.5, 0.6) is 5.75 Å². The third kappa shape index (κ3) is 6.89. The first-order valence-corrected chi connectivity index (χ1v) is 14.2. The fourth-order valence-corrected chi connectivity index (χ4v) is 5.60. The molecule has 0 bridgehead atoms. The first-order valence-electron chi connectivity index (χ1n) is 14.2. The van der Waals surface area contributed by atoms with Crippen molar-refractivity contribution in [2.45, 2.75) is 51.6 Å². The number of nitrogens with zero attached hydrogens (tertiary/aromatic N) is 2. The van der Waals surface area contributed by atoms with Gasteiger partial charge in [-0.25, -0.2) is 4.39 Å². The highest BCUT2D eigenvalue weighted by Crippen LogP contribution is 2.44. The molecule has 212 valence electrons. The summed E-state index contributed by atoms with van der Waals surface area (Å²) in [6.07, 6.45) is 3.06. The van der Waals surface area contributed by atoms with Crippen LogP contribution in [-0.4, -0.2) is 54.9 Å². The fraction of sp³-hybridized carbons (Fsp3) is 0.394. The van der Waals surface area contributed by atoms with E-state index < -0.39 is 12.0 Å². The summed E-state index contributed by atoms with van der Waals surface area (Å²) >= 11 is 0. The Labute approximate surface area is 237 Å². The number of nitrogens with one attached hydrogen (secondary N) is 1. The standard InChI is InChI=1S/C33H40FN3O3/c1-4-20-36(21-5-2)22-8-19-35-32(38)30-28-9-6-7-10-29(28)33(39)37(23-24-11-15-26(34)16-12-24)31(30)25-13-17-27(40-3)18-14-25/h6-7,9-18,30-31H,4-5,8,19-23H2,1-3H3,(H,35,38)/t30-,31-/m1/s1. The second kappa shape index (κ2) is 14.1. The van der Waals surface area contributed by atoms with Crippen molar-refractivity contribution in [3.05, 3.63) is 101 Å². The number of halogens is 1. The molecule has 7 heteroatoms. The van der Waals surface area contributed by atoms with E-state index in [4.69, 9.17) is 4.74 Å². The minimum Gasteiger partial charge on any atom is -0.497 e. The van der Waals surface area contributed by atoms with E-state index in [2.05, 4.69) is 24.1 Å². The Morgan fingerprint density at radius 3 is 2.27 bits per heavy atom. The molecule has 40 heavy (non-hydrogen) atoms. The molecule has 0 saturated carbocycles. The summed E-state index contributed by atoms with van der Waals surface area (Å²) in [7, 11) is 1.61. The zero-order chi connectivity index (χ0) is 28.5. The molecule has 0 fully saturated rings. The van der Waals surface area contributed by atoms with Crippen LogP contribution in [-0.2, 0) is 11.3 Å². The lowest BCUT2D eigenvalue weighted by Crippen LogP contribution is -2.47. The van der Waals surface area contributed by atoms with E-state index in [1.165, 1.54) is 12.1 Å². The number of carbonyl (C=O) groups excluding carboxylic acids is 2. The van der Waals surface area contributed by atoms with E-state index in [9.17, 15) is 14.0 Å². The van der Waals surface area contributed by atoms with Gasteiger partial charge in [0.05, 0.1) is 19.1 Å². The number of amides is 2. The van der Waals surface area contributed by atoms with E-state index in [1.807, 2.05) is 42.5 Å². The molecule has 0 aromatic heterocycles. The van der Waals surface area contributed by atoms with Crippen molar-refractivity contribution in [1.29, 1.82) is 0 Å². The van der Waals surface area contributed by atoms with Gasteiger partial charge in [-0.15, -0.1) is 0 Å². The predicted octanol–water partition coefficient (Wildman–Crippen LogP) is 5.94. The van der Waals surface area contributed by atoms with Crippen LogP contribution in [0, 0.1) is 5.82 Å². The minimum absolute atomic E-state index is 0.109. The smallest absolute Gasteiger partial charge is 0.255 e. The van der Waals surface area contributed by atoms with Gasteiger partial charge in [0.2, 0.25) is 5.91 Å². The van der Waals surface area contributed by atoms with E-state index in [1.54, 1.807) is 30.2 Å². The lowest BCUT2D eigenvalue weighted by atomic mass is 9.79. The Kier molecular flexibility index (Phi) is 10.3. The van der Waals surface area contributed by atoms with Crippen molar-refractivity contribution in [3.8, 4) is 5.75 Å². The van der Waals surface area contributed by atoms with Gasteiger partial charge in [0.15, 0.2) is 0 Å². The first-order chi connectivity index (χ1) is 19.5. The quantitative estimate of drug-likeness (QED) is 0.270. The molecule has 4 rings (SSSR count). The largest absolute Gasteiger partial charge is 0.497 e. The van der Waals surface area contributed by atoms with Gasteiger partial charge in [0, 0.05) is 18.7 Å². The molecule has 2 atom stereocenters. The number of carbonyl (C=O) groups is 2. The zero-order valence-corrected chi connectivity index (χ0v) is 23.7. The third-order valence-corrected chi connectivity index (χ3v) is 7.47. The maximum atomic E-state index is 14.0. The summed E-state index contributed by atoms with van der Waals surface area (Å²) in [5.74, 6) is -0.507. The predicted molar refractivity (Wildman–Crippen MR) is 156 cm³/mol. The summed E-state index contributed by atoms with van der Waals surface area (Å²) < 4.78 is 19.0. The van der Waals surface area contributed by atoms with Crippen LogP contribution in [0.4, 0.5) is 4.39 Å². The number of methoxy groups -OCH3 is 1. The summed E-state index contributed by atoms with van der Waals surface area (Å²) in [6.45, 7) is 8.21. The van der Waals surface area contributed by atoms with Crippen molar-refractivity contribution in [3.63, 3.8) is 0 Å². The maximum Gasteiger partial charge on any atom is 0.255 e. The molecule has 0 saturated heterocycles. The molecule has 3 aromatic rings. The van der Waals surface area contributed by atoms with Gasteiger partial charge in [0.1, 0.15) is 11.6 Å². The molecular weight excluding hydrogens is 505 g/mol. The van der Waals surface area contributed by atoms with E-state index in [-0.39, 0.29) is 24.2 Å². The Morgan fingerprint density at radius 1 is 0.950 bits per heavy atom. The first kappa shape index (κ1) is 29.3. The van der Waals surface area contributed by atoms with Gasteiger partial charge in [-0.1, -0.05) is 56.3 Å². The normalized spacial score (nSPS) is 16.6. The molecule has 1 aliphatic heterocycles. The average molecular weight is 546 g/mol. The molecule has 0 unspecified atom stereocenters. The number of hydrogen-bond donors (Lipinski definition) is 1. The van der Waals surface area contributed by atoms with Crippen LogP contribution in [0.25, 0.3) is 0 Å². The van der Waals surface area contributed by atoms with E-state index >= 15 is 0 Å².